The van der Waals surface area contributed by atoms with Gasteiger partial charge in [-0.1, -0.05) is 30.3 Å². The molecule has 0 aliphatic carbocycles. The van der Waals surface area contributed by atoms with Gasteiger partial charge in [-0.3, -0.25) is 4.79 Å². The Hall–Kier alpha value is -1.35. The van der Waals surface area contributed by atoms with Gasteiger partial charge >= 0.3 is 0 Å². The number of rotatable bonds is 3. The number of hydrogen-bond acceptors (Lipinski definition) is 2. The van der Waals surface area contributed by atoms with E-state index in [0.29, 0.717) is 6.61 Å². The molecule has 0 spiro atoms. The normalized spacial score (nSPS) is 21.8. The molecule has 2 atom stereocenters. The third kappa shape index (κ3) is 3.30. The minimum absolute atomic E-state index is 0.0231. The smallest absolute Gasteiger partial charge is 0.225 e. The van der Waals surface area contributed by atoms with Gasteiger partial charge in [0.25, 0.3) is 0 Å². The van der Waals surface area contributed by atoms with Crippen molar-refractivity contribution in [3.63, 3.8) is 0 Å². The molecule has 3 nitrogen and oxygen atoms in total. The molecule has 1 fully saturated rings. The van der Waals surface area contributed by atoms with Crippen LogP contribution >= 0.6 is 0 Å². The highest BCUT2D eigenvalue weighted by atomic mass is 16.5. The third-order valence-corrected chi connectivity index (χ3v) is 3.19. The summed E-state index contributed by atoms with van der Waals surface area (Å²) in [5, 5.41) is 3.05. The summed E-state index contributed by atoms with van der Waals surface area (Å²) in [5.41, 5.74) is 1.14. The Labute approximate surface area is 102 Å². The van der Waals surface area contributed by atoms with Crippen LogP contribution in [0.2, 0.25) is 0 Å². The van der Waals surface area contributed by atoms with Crippen LogP contribution in [-0.4, -0.2) is 19.1 Å². The molecule has 1 aliphatic heterocycles. The highest BCUT2D eigenvalue weighted by molar-refractivity contribution is 5.79. The number of hydrogen-bond donors (Lipinski definition) is 1. The summed E-state index contributed by atoms with van der Waals surface area (Å²) in [6, 6.07) is 10.1. The Morgan fingerprint density at radius 2 is 2.18 bits per heavy atom. The second-order valence-electron chi connectivity index (χ2n) is 4.56. The monoisotopic (exact) mass is 233 g/mol. The highest BCUT2D eigenvalue weighted by Crippen LogP contribution is 2.16. The maximum atomic E-state index is 12.0. The second-order valence-corrected chi connectivity index (χ2v) is 4.56. The van der Waals surface area contributed by atoms with Crippen LogP contribution in [0.1, 0.15) is 31.4 Å². The Kier molecular flexibility index (Phi) is 4.15. The molecular formula is C14H19NO2. The first-order chi connectivity index (χ1) is 8.27. The van der Waals surface area contributed by atoms with Crippen molar-refractivity contribution >= 4 is 5.91 Å². The van der Waals surface area contributed by atoms with Gasteiger partial charge in [-0.2, -0.15) is 0 Å². The zero-order valence-electron chi connectivity index (χ0n) is 10.2. The van der Waals surface area contributed by atoms with Crippen molar-refractivity contribution in [1.29, 1.82) is 0 Å². The van der Waals surface area contributed by atoms with Crippen molar-refractivity contribution in [2.24, 2.45) is 5.92 Å². The van der Waals surface area contributed by atoms with Crippen LogP contribution in [0.15, 0.2) is 30.3 Å². The van der Waals surface area contributed by atoms with E-state index in [1.807, 2.05) is 37.3 Å². The third-order valence-electron chi connectivity index (χ3n) is 3.19. The molecule has 2 unspecified atom stereocenters. The Bertz CT molecular complexity index is 358. The quantitative estimate of drug-likeness (QED) is 0.870. The summed E-state index contributed by atoms with van der Waals surface area (Å²) >= 11 is 0. The molecule has 1 amide bonds. The van der Waals surface area contributed by atoms with Crippen LogP contribution in [0.25, 0.3) is 0 Å². The van der Waals surface area contributed by atoms with Crippen molar-refractivity contribution in [2.75, 3.05) is 13.2 Å². The summed E-state index contributed by atoms with van der Waals surface area (Å²) in [5.74, 6) is 0.135. The summed E-state index contributed by atoms with van der Waals surface area (Å²) in [6.07, 6.45) is 1.92. The first-order valence-electron chi connectivity index (χ1n) is 6.20. The zero-order valence-corrected chi connectivity index (χ0v) is 10.2. The maximum Gasteiger partial charge on any atom is 0.225 e. The highest BCUT2D eigenvalue weighted by Gasteiger charge is 2.22. The number of carbonyl (C=O) groups excluding carboxylic acids is 1. The number of carbonyl (C=O) groups is 1. The van der Waals surface area contributed by atoms with Crippen molar-refractivity contribution in [3.05, 3.63) is 35.9 Å². The van der Waals surface area contributed by atoms with Gasteiger partial charge in [0.1, 0.15) is 0 Å². The van der Waals surface area contributed by atoms with E-state index in [2.05, 4.69) is 5.32 Å². The van der Waals surface area contributed by atoms with E-state index in [0.717, 1.165) is 25.0 Å². The molecule has 0 saturated carbocycles. The van der Waals surface area contributed by atoms with Crippen molar-refractivity contribution < 1.29 is 9.53 Å². The first-order valence-corrected chi connectivity index (χ1v) is 6.20. The fourth-order valence-electron chi connectivity index (χ4n) is 2.10. The van der Waals surface area contributed by atoms with Crippen molar-refractivity contribution in [1.82, 2.24) is 5.32 Å². The first kappa shape index (κ1) is 12.1. The van der Waals surface area contributed by atoms with Crippen molar-refractivity contribution in [2.45, 2.75) is 25.8 Å². The summed E-state index contributed by atoms with van der Waals surface area (Å²) in [4.78, 5) is 12.0. The van der Waals surface area contributed by atoms with Crippen molar-refractivity contribution in [3.8, 4) is 0 Å². The minimum Gasteiger partial charge on any atom is -0.381 e. The lowest BCUT2D eigenvalue weighted by Gasteiger charge is -2.23. The van der Waals surface area contributed by atoms with Crippen LogP contribution in [0.4, 0.5) is 0 Å². The van der Waals surface area contributed by atoms with Crippen LogP contribution in [0, 0.1) is 5.92 Å². The summed E-state index contributed by atoms with van der Waals surface area (Å²) < 4.78 is 5.33. The van der Waals surface area contributed by atoms with E-state index in [4.69, 9.17) is 4.74 Å². The maximum absolute atomic E-state index is 12.0. The number of ether oxygens (including phenoxy) is 1. The second kappa shape index (κ2) is 5.82. The molecule has 3 heteroatoms. The number of nitrogens with one attached hydrogen (secondary N) is 1. The van der Waals surface area contributed by atoms with Gasteiger partial charge in [-0.15, -0.1) is 0 Å². The average Bonchev–Trinajstić information content (AvgIpc) is 2.40. The molecule has 1 saturated heterocycles. The summed E-state index contributed by atoms with van der Waals surface area (Å²) in [7, 11) is 0. The van der Waals surface area contributed by atoms with Crippen LogP contribution in [-0.2, 0) is 9.53 Å². The molecule has 1 aromatic carbocycles. The Morgan fingerprint density at radius 3 is 2.82 bits per heavy atom. The molecule has 1 aliphatic rings. The van der Waals surface area contributed by atoms with Gasteiger partial charge in [-0.05, 0) is 25.3 Å². The van der Waals surface area contributed by atoms with Crippen LogP contribution in [0.5, 0.6) is 0 Å². The average molecular weight is 233 g/mol. The van der Waals surface area contributed by atoms with Gasteiger partial charge in [-0.25, -0.2) is 0 Å². The fraction of sp³-hybridized carbons (Fsp3) is 0.500. The Balaban J connectivity index is 1.89. The topological polar surface area (TPSA) is 38.3 Å². The minimum atomic E-state index is 0.0231. The van der Waals surface area contributed by atoms with E-state index in [9.17, 15) is 4.79 Å². The molecule has 1 heterocycles. The van der Waals surface area contributed by atoms with E-state index >= 15 is 0 Å². The zero-order chi connectivity index (χ0) is 12.1. The summed E-state index contributed by atoms with van der Waals surface area (Å²) in [6.45, 7) is 3.36. The van der Waals surface area contributed by atoms with E-state index < -0.39 is 0 Å². The lowest BCUT2D eigenvalue weighted by Crippen LogP contribution is -2.36. The van der Waals surface area contributed by atoms with E-state index in [1.165, 1.54) is 0 Å². The molecular weight excluding hydrogens is 214 g/mol. The number of amides is 1. The molecule has 2 rings (SSSR count). The predicted octanol–water partition coefficient (Wildman–Crippen LogP) is 2.29. The fourth-order valence-corrected chi connectivity index (χ4v) is 2.10. The molecule has 1 aromatic rings. The molecule has 92 valence electrons. The standard InChI is InChI=1S/C14H19NO2/c1-11(12-6-3-2-4-7-12)15-14(16)13-8-5-9-17-10-13/h2-4,6-7,11,13H,5,8-10H2,1H3,(H,15,16). The van der Waals surface area contributed by atoms with Crippen LogP contribution in [0.3, 0.4) is 0 Å². The van der Waals surface area contributed by atoms with Gasteiger partial charge < -0.3 is 10.1 Å². The SMILES string of the molecule is CC(NC(=O)C1CCCOC1)c1ccccc1. The largest absolute Gasteiger partial charge is 0.381 e. The molecule has 0 bridgehead atoms. The molecule has 0 aromatic heterocycles. The number of benzene rings is 1. The molecule has 17 heavy (non-hydrogen) atoms. The lowest BCUT2D eigenvalue weighted by molar-refractivity contribution is -0.129. The Morgan fingerprint density at radius 1 is 1.41 bits per heavy atom. The van der Waals surface area contributed by atoms with Gasteiger partial charge in [0.2, 0.25) is 5.91 Å². The van der Waals surface area contributed by atoms with E-state index in [-0.39, 0.29) is 17.9 Å². The molecule has 0 radical (unpaired) electrons. The lowest BCUT2D eigenvalue weighted by atomic mass is 10.0. The van der Waals surface area contributed by atoms with Gasteiger partial charge in [0.15, 0.2) is 0 Å². The predicted molar refractivity (Wildman–Crippen MR) is 66.5 cm³/mol. The van der Waals surface area contributed by atoms with Gasteiger partial charge in [0.05, 0.1) is 18.6 Å². The molecule has 1 N–H and O–H groups in total. The van der Waals surface area contributed by atoms with Gasteiger partial charge in [0, 0.05) is 6.61 Å². The van der Waals surface area contributed by atoms with E-state index in [1.54, 1.807) is 0 Å². The van der Waals surface area contributed by atoms with Crippen LogP contribution < -0.4 is 5.32 Å².